The summed E-state index contributed by atoms with van der Waals surface area (Å²) in [7, 11) is -3.29. The Morgan fingerprint density at radius 1 is 1.32 bits per heavy atom. The number of nitrogens with two attached hydrogens (primary N) is 1. The van der Waals surface area contributed by atoms with Crippen molar-refractivity contribution in [3.8, 4) is 0 Å². The molecule has 1 aromatic carbocycles. The largest absolute Gasteiger partial charge is 0.389 e. The third kappa shape index (κ3) is 4.56. The van der Waals surface area contributed by atoms with Crippen LogP contribution in [-0.4, -0.2) is 43.7 Å². The van der Waals surface area contributed by atoms with Crippen molar-refractivity contribution in [2.75, 3.05) is 25.4 Å². The maximum absolute atomic E-state index is 12.2. The monoisotopic (exact) mass is 300 g/mol. The van der Waals surface area contributed by atoms with Crippen LogP contribution in [0.4, 0.5) is 0 Å². The number of rotatable bonds is 7. The highest BCUT2D eigenvalue weighted by Crippen LogP contribution is 2.13. The first kappa shape index (κ1) is 16.1. The molecule has 0 atom stereocenters. The van der Waals surface area contributed by atoms with Crippen molar-refractivity contribution >= 4 is 27.0 Å². The maximum atomic E-state index is 12.2. The van der Waals surface area contributed by atoms with E-state index < -0.39 is 9.84 Å². The number of hydrogen-bond donors (Lipinski definition) is 1. The van der Waals surface area contributed by atoms with E-state index in [2.05, 4.69) is 4.90 Å². The van der Waals surface area contributed by atoms with Crippen molar-refractivity contribution in [2.45, 2.75) is 18.7 Å². The molecule has 106 valence electrons. The van der Waals surface area contributed by atoms with Gasteiger partial charge in [0, 0.05) is 12.1 Å². The first-order chi connectivity index (χ1) is 8.90. The van der Waals surface area contributed by atoms with Gasteiger partial charge < -0.3 is 10.6 Å². The molecule has 0 saturated heterocycles. The molecule has 0 aromatic heterocycles. The molecule has 6 heteroatoms. The molecule has 0 aliphatic carbocycles. The number of nitrogens with zero attached hydrogens (tertiary/aromatic N) is 1. The molecule has 0 unspecified atom stereocenters. The maximum Gasteiger partial charge on any atom is 0.179 e. The smallest absolute Gasteiger partial charge is 0.179 e. The molecular weight excluding hydrogens is 280 g/mol. The third-order valence-corrected chi connectivity index (χ3v) is 4.98. The SMILES string of the molecule is CCN(CC)CCS(=O)(=O)c1cccc(C(N)=S)c1. The van der Waals surface area contributed by atoms with Crippen LogP contribution in [0, 0.1) is 0 Å². The van der Waals surface area contributed by atoms with Crippen LogP contribution >= 0.6 is 12.2 Å². The Labute approximate surface area is 120 Å². The number of sulfone groups is 1. The molecule has 0 aliphatic rings. The van der Waals surface area contributed by atoms with Gasteiger partial charge >= 0.3 is 0 Å². The van der Waals surface area contributed by atoms with Crippen LogP contribution in [0.3, 0.4) is 0 Å². The minimum atomic E-state index is -3.29. The first-order valence-electron chi connectivity index (χ1n) is 6.25. The van der Waals surface area contributed by atoms with E-state index in [4.69, 9.17) is 18.0 Å². The molecular formula is C13H20N2O2S2. The van der Waals surface area contributed by atoms with Gasteiger partial charge in [0.05, 0.1) is 10.6 Å². The van der Waals surface area contributed by atoms with Crippen LogP contribution in [0.2, 0.25) is 0 Å². The molecule has 2 N–H and O–H groups in total. The van der Waals surface area contributed by atoms with E-state index in [-0.39, 0.29) is 15.6 Å². The Morgan fingerprint density at radius 3 is 2.47 bits per heavy atom. The molecule has 4 nitrogen and oxygen atoms in total. The van der Waals surface area contributed by atoms with E-state index in [9.17, 15) is 8.42 Å². The molecule has 0 amide bonds. The average molecular weight is 300 g/mol. The average Bonchev–Trinajstić information content (AvgIpc) is 2.40. The quantitative estimate of drug-likeness (QED) is 0.772. The molecule has 0 saturated carbocycles. The highest BCUT2D eigenvalue weighted by molar-refractivity contribution is 7.91. The molecule has 0 spiro atoms. The summed E-state index contributed by atoms with van der Waals surface area (Å²) in [5.74, 6) is 0.107. The second-order valence-electron chi connectivity index (χ2n) is 4.24. The second-order valence-corrected chi connectivity index (χ2v) is 6.79. The predicted octanol–water partition coefficient (Wildman–Crippen LogP) is 1.44. The number of benzene rings is 1. The fraction of sp³-hybridized carbons (Fsp3) is 0.462. The summed E-state index contributed by atoms with van der Waals surface area (Å²) in [5.41, 5.74) is 6.10. The van der Waals surface area contributed by atoms with Crippen LogP contribution in [0.5, 0.6) is 0 Å². The fourth-order valence-electron chi connectivity index (χ4n) is 1.75. The standard InChI is InChI=1S/C13H20N2O2S2/c1-3-15(4-2)8-9-19(16,17)12-7-5-6-11(10-12)13(14)18/h5-7,10H,3-4,8-9H2,1-2H3,(H2,14,18). The van der Waals surface area contributed by atoms with Crippen molar-refractivity contribution in [3.05, 3.63) is 29.8 Å². The molecule has 19 heavy (non-hydrogen) atoms. The van der Waals surface area contributed by atoms with E-state index in [1.165, 1.54) is 0 Å². The molecule has 0 fully saturated rings. The van der Waals surface area contributed by atoms with E-state index in [1.54, 1.807) is 24.3 Å². The molecule has 0 aliphatic heterocycles. The lowest BCUT2D eigenvalue weighted by molar-refractivity contribution is 0.321. The summed E-state index contributed by atoms with van der Waals surface area (Å²) >= 11 is 4.86. The Hall–Kier alpha value is -0.980. The van der Waals surface area contributed by atoms with Gasteiger partial charge in [-0.2, -0.15) is 0 Å². The fourth-order valence-corrected chi connectivity index (χ4v) is 3.20. The van der Waals surface area contributed by atoms with Crippen LogP contribution in [0.1, 0.15) is 19.4 Å². The topological polar surface area (TPSA) is 63.4 Å². The molecule has 0 radical (unpaired) electrons. The zero-order valence-electron chi connectivity index (χ0n) is 11.3. The highest BCUT2D eigenvalue weighted by atomic mass is 32.2. The summed E-state index contributed by atoms with van der Waals surface area (Å²) in [6.07, 6.45) is 0. The van der Waals surface area contributed by atoms with Gasteiger partial charge in [-0.15, -0.1) is 0 Å². The predicted molar refractivity (Wildman–Crippen MR) is 82.2 cm³/mol. The zero-order chi connectivity index (χ0) is 14.5. The van der Waals surface area contributed by atoms with Crippen molar-refractivity contribution in [1.29, 1.82) is 0 Å². The van der Waals surface area contributed by atoms with Crippen molar-refractivity contribution in [3.63, 3.8) is 0 Å². The van der Waals surface area contributed by atoms with Gasteiger partial charge in [0.25, 0.3) is 0 Å². The minimum Gasteiger partial charge on any atom is -0.389 e. The van der Waals surface area contributed by atoms with Gasteiger partial charge in [-0.05, 0) is 25.2 Å². The normalized spacial score (nSPS) is 11.7. The first-order valence-corrected chi connectivity index (χ1v) is 8.31. The lowest BCUT2D eigenvalue weighted by atomic mass is 10.2. The second kappa shape index (κ2) is 6.98. The molecule has 0 bridgehead atoms. The Bertz CT molecular complexity index is 537. The highest BCUT2D eigenvalue weighted by Gasteiger charge is 2.16. The van der Waals surface area contributed by atoms with E-state index in [0.717, 1.165) is 13.1 Å². The van der Waals surface area contributed by atoms with Crippen molar-refractivity contribution in [1.82, 2.24) is 4.90 Å². The lowest BCUT2D eigenvalue weighted by Crippen LogP contribution is -2.29. The van der Waals surface area contributed by atoms with Crippen molar-refractivity contribution < 1.29 is 8.42 Å². The van der Waals surface area contributed by atoms with Crippen LogP contribution < -0.4 is 5.73 Å². The van der Waals surface area contributed by atoms with Crippen LogP contribution in [0.15, 0.2) is 29.2 Å². The van der Waals surface area contributed by atoms with Gasteiger partial charge in [-0.3, -0.25) is 0 Å². The number of thiocarbonyl (C=S) groups is 1. The molecule has 0 heterocycles. The Balaban J connectivity index is 2.88. The third-order valence-electron chi connectivity index (χ3n) is 3.05. The van der Waals surface area contributed by atoms with Gasteiger partial charge in [0.15, 0.2) is 9.84 Å². The Morgan fingerprint density at radius 2 is 1.95 bits per heavy atom. The van der Waals surface area contributed by atoms with Gasteiger partial charge in [-0.1, -0.05) is 38.2 Å². The van der Waals surface area contributed by atoms with Gasteiger partial charge in [-0.25, -0.2) is 8.42 Å². The zero-order valence-corrected chi connectivity index (χ0v) is 12.9. The van der Waals surface area contributed by atoms with E-state index in [1.807, 2.05) is 13.8 Å². The van der Waals surface area contributed by atoms with E-state index >= 15 is 0 Å². The van der Waals surface area contributed by atoms with Gasteiger partial charge in [0.2, 0.25) is 0 Å². The summed E-state index contributed by atoms with van der Waals surface area (Å²) < 4.78 is 24.5. The van der Waals surface area contributed by atoms with Gasteiger partial charge in [0.1, 0.15) is 4.99 Å². The summed E-state index contributed by atoms with van der Waals surface area (Å²) in [4.78, 5) is 2.57. The Kier molecular flexibility index (Phi) is 5.90. The minimum absolute atomic E-state index is 0.107. The van der Waals surface area contributed by atoms with Crippen LogP contribution in [-0.2, 0) is 9.84 Å². The number of hydrogen-bond acceptors (Lipinski definition) is 4. The summed E-state index contributed by atoms with van der Waals surface area (Å²) in [6, 6.07) is 6.50. The summed E-state index contributed by atoms with van der Waals surface area (Å²) in [5, 5.41) is 0. The lowest BCUT2D eigenvalue weighted by Gasteiger charge is -2.17. The molecule has 1 rings (SSSR count). The molecule has 1 aromatic rings. The van der Waals surface area contributed by atoms with Crippen molar-refractivity contribution in [2.24, 2.45) is 5.73 Å². The van der Waals surface area contributed by atoms with Crippen LogP contribution in [0.25, 0.3) is 0 Å². The van der Waals surface area contributed by atoms with E-state index in [0.29, 0.717) is 12.1 Å². The summed E-state index contributed by atoms with van der Waals surface area (Å²) in [6.45, 7) is 6.26.